The molecule has 114 valence electrons. The average Bonchev–Trinajstić information content (AvgIpc) is 2.77. The number of urea groups is 1. The van der Waals surface area contributed by atoms with Gasteiger partial charge in [0.1, 0.15) is 0 Å². The minimum atomic E-state index is -2.77. The maximum absolute atomic E-state index is 13.0. The van der Waals surface area contributed by atoms with Crippen molar-refractivity contribution < 1.29 is 23.5 Å². The summed E-state index contributed by atoms with van der Waals surface area (Å²) in [6, 6.07) is -0.442. The molecule has 0 unspecified atom stereocenters. The Hall–Kier alpha value is -1.40. The van der Waals surface area contributed by atoms with Crippen molar-refractivity contribution in [3.8, 4) is 0 Å². The van der Waals surface area contributed by atoms with E-state index in [0.717, 1.165) is 17.7 Å². The number of carboxylic acids is 1. The normalized spacial score (nSPS) is 29.2. The van der Waals surface area contributed by atoms with E-state index >= 15 is 0 Å². The monoisotopic (exact) mass is 290 g/mol. The van der Waals surface area contributed by atoms with Gasteiger partial charge < -0.3 is 15.3 Å². The van der Waals surface area contributed by atoms with Crippen LogP contribution in [-0.2, 0) is 4.79 Å². The number of likely N-dealkylation sites (tertiary alicyclic amines) is 1. The molecule has 1 saturated heterocycles. The molecule has 20 heavy (non-hydrogen) atoms. The quantitative estimate of drug-likeness (QED) is 0.834. The zero-order valence-electron chi connectivity index (χ0n) is 11.3. The van der Waals surface area contributed by atoms with E-state index in [1.54, 1.807) is 0 Å². The van der Waals surface area contributed by atoms with E-state index < -0.39 is 24.5 Å². The molecular weight excluding hydrogens is 270 g/mol. The first kappa shape index (κ1) is 15.0. The number of carbonyl (C=O) groups excluding carboxylic acids is 1. The van der Waals surface area contributed by atoms with Gasteiger partial charge in [-0.2, -0.15) is 0 Å². The number of hydrogen-bond acceptors (Lipinski definition) is 2. The summed E-state index contributed by atoms with van der Waals surface area (Å²) in [5.41, 5.74) is 0. The van der Waals surface area contributed by atoms with E-state index in [2.05, 4.69) is 5.32 Å². The molecule has 0 radical (unpaired) electrons. The van der Waals surface area contributed by atoms with Crippen LogP contribution in [0.3, 0.4) is 0 Å². The van der Waals surface area contributed by atoms with Crippen LogP contribution in [0.4, 0.5) is 13.6 Å². The van der Waals surface area contributed by atoms with Crippen molar-refractivity contribution in [1.82, 2.24) is 10.2 Å². The van der Waals surface area contributed by atoms with Crippen LogP contribution in [-0.4, -0.2) is 47.6 Å². The molecule has 0 bridgehead atoms. The summed E-state index contributed by atoms with van der Waals surface area (Å²) >= 11 is 0. The van der Waals surface area contributed by atoms with Crippen LogP contribution in [0.5, 0.6) is 0 Å². The zero-order chi connectivity index (χ0) is 14.8. The van der Waals surface area contributed by atoms with Crippen LogP contribution in [0.25, 0.3) is 0 Å². The molecule has 2 aliphatic rings. The van der Waals surface area contributed by atoms with E-state index in [1.165, 1.54) is 0 Å². The number of alkyl halides is 2. The summed E-state index contributed by atoms with van der Waals surface area (Å²) in [6.45, 7) is 0.0163. The van der Waals surface area contributed by atoms with Crippen molar-refractivity contribution in [3.05, 3.63) is 0 Å². The van der Waals surface area contributed by atoms with Crippen LogP contribution >= 0.6 is 0 Å². The van der Waals surface area contributed by atoms with Gasteiger partial charge in [0.2, 0.25) is 0 Å². The van der Waals surface area contributed by atoms with E-state index in [1.807, 2.05) is 0 Å². The third-order valence-electron chi connectivity index (χ3n) is 4.19. The van der Waals surface area contributed by atoms with Gasteiger partial charge in [-0.05, 0) is 31.6 Å². The largest absolute Gasteiger partial charge is 0.481 e. The van der Waals surface area contributed by atoms with Gasteiger partial charge in [-0.1, -0.05) is 0 Å². The number of carboxylic acid groups (broad SMARTS) is 1. The molecule has 0 aromatic rings. The van der Waals surface area contributed by atoms with Gasteiger partial charge in [0.25, 0.3) is 5.92 Å². The highest BCUT2D eigenvalue weighted by Crippen LogP contribution is 2.29. The Morgan fingerprint density at radius 2 is 1.90 bits per heavy atom. The maximum atomic E-state index is 13.0. The number of nitrogens with one attached hydrogen (secondary N) is 1. The molecule has 0 atom stereocenters. The SMILES string of the molecule is O=C(O)C1CCC(CNC(=O)N2CCC(F)(F)C2)CC1. The molecule has 5 nitrogen and oxygen atoms in total. The fourth-order valence-electron chi connectivity index (χ4n) is 2.87. The Labute approximate surface area is 116 Å². The van der Waals surface area contributed by atoms with Gasteiger partial charge in [0.15, 0.2) is 0 Å². The zero-order valence-corrected chi connectivity index (χ0v) is 11.3. The van der Waals surface area contributed by atoms with Crippen LogP contribution in [0.1, 0.15) is 32.1 Å². The number of amides is 2. The number of nitrogens with zero attached hydrogens (tertiary/aromatic N) is 1. The summed E-state index contributed by atoms with van der Waals surface area (Å²) in [6.07, 6.45) is 2.49. The average molecular weight is 290 g/mol. The van der Waals surface area contributed by atoms with E-state index in [0.29, 0.717) is 19.4 Å². The smallest absolute Gasteiger partial charge is 0.317 e. The molecule has 0 aromatic heterocycles. The first-order valence-electron chi connectivity index (χ1n) is 7.01. The lowest BCUT2D eigenvalue weighted by molar-refractivity contribution is -0.143. The molecule has 7 heteroatoms. The summed E-state index contributed by atoms with van der Waals surface area (Å²) in [5, 5.41) is 11.6. The van der Waals surface area contributed by atoms with Crippen molar-refractivity contribution >= 4 is 12.0 Å². The van der Waals surface area contributed by atoms with Crippen LogP contribution in [0, 0.1) is 11.8 Å². The molecule has 2 N–H and O–H groups in total. The van der Waals surface area contributed by atoms with Gasteiger partial charge in [-0.15, -0.1) is 0 Å². The van der Waals surface area contributed by atoms with Crippen molar-refractivity contribution in [2.24, 2.45) is 11.8 Å². The van der Waals surface area contributed by atoms with Gasteiger partial charge in [-0.3, -0.25) is 4.79 Å². The maximum Gasteiger partial charge on any atom is 0.317 e. The van der Waals surface area contributed by atoms with Crippen molar-refractivity contribution in [1.29, 1.82) is 0 Å². The minimum absolute atomic E-state index is 0.0879. The van der Waals surface area contributed by atoms with Crippen LogP contribution < -0.4 is 5.32 Å². The number of hydrogen-bond donors (Lipinski definition) is 2. The Morgan fingerprint density at radius 1 is 1.25 bits per heavy atom. The lowest BCUT2D eigenvalue weighted by atomic mass is 9.82. The highest BCUT2D eigenvalue weighted by Gasteiger charge is 2.40. The Kier molecular flexibility index (Phi) is 4.45. The third-order valence-corrected chi connectivity index (χ3v) is 4.19. The fraction of sp³-hybridized carbons (Fsp3) is 0.846. The predicted molar refractivity (Wildman–Crippen MR) is 67.6 cm³/mol. The lowest BCUT2D eigenvalue weighted by Crippen LogP contribution is -2.42. The Balaban J connectivity index is 1.69. The second-order valence-electron chi connectivity index (χ2n) is 5.77. The van der Waals surface area contributed by atoms with Crippen LogP contribution in [0.2, 0.25) is 0 Å². The molecule has 2 fully saturated rings. The molecule has 2 rings (SSSR count). The van der Waals surface area contributed by atoms with Gasteiger partial charge in [-0.25, -0.2) is 13.6 Å². The van der Waals surface area contributed by atoms with Crippen molar-refractivity contribution in [2.75, 3.05) is 19.6 Å². The van der Waals surface area contributed by atoms with Crippen molar-refractivity contribution in [3.63, 3.8) is 0 Å². The highest BCUT2D eigenvalue weighted by atomic mass is 19.3. The summed E-state index contributed by atoms with van der Waals surface area (Å²) in [4.78, 5) is 23.7. The predicted octanol–water partition coefficient (Wildman–Crippen LogP) is 1.93. The second kappa shape index (κ2) is 5.93. The molecule has 1 heterocycles. The van der Waals surface area contributed by atoms with Crippen molar-refractivity contribution in [2.45, 2.75) is 38.0 Å². The van der Waals surface area contributed by atoms with E-state index in [-0.39, 0.29) is 24.8 Å². The lowest BCUT2D eigenvalue weighted by Gasteiger charge is -2.27. The number of rotatable bonds is 3. The number of halogens is 2. The molecular formula is C13H20F2N2O3. The first-order chi connectivity index (χ1) is 9.37. The van der Waals surface area contributed by atoms with Crippen LogP contribution in [0.15, 0.2) is 0 Å². The molecule has 1 saturated carbocycles. The summed E-state index contributed by atoms with van der Waals surface area (Å²) in [7, 11) is 0. The second-order valence-corrected chi connectivity index (χ2v) is 5.77. The Bertz CT molecular complexity index is 382. The molecule has 1 aliphatic heterocycles. The molecule has 2 amide bonds. The third kappa shape index (κ3) is 3.80. The molecule has 1 aliphatic carbocycles. The summed E-state index contributed by atoms with van der Waals surface area (Å²) < 4.78 is 26.0. The summed E-state index contributed by atoms with van der Waals surface area (Å²) in [5.74, 6) is -3.56. The molecule has 0 aromatic carbocycles. The number of aliphatic carboxylic acids is 1. The Morgan fingerprint density at radius 3 is 2.40 bits per heavy atom. The van der Waals surface area contributed by atoms with Gasteiger partial charge in [0, 0.05) is 19.5 Å². The molecule has 0 spiro atoms. The minimum Gasteiger partial charge on any atom is -0.481 e. The topological polar surface area (TPSA) is 69.6 Å². The fourth-order valence-corrected chi connectivity index (χ4v) is 2.87. The van der Waals surface area contributed by atoms with Gasteiger partial charge in [0.05, 0.1) is 12.5 Å². The number of carbonyl (C=O) groups is 2. The van der Waals surface area contributed by atoms with E-state index in [4.69, 9.17) is 5.11 Å². The standard InChI is InChI=1S/C13H20F2N2O3/c14-13(15)5-6-17(8-13)12(20)16-7-9-1-3-10(4-2-9)11(18)19/h9-10H,1-8H2,(H,16,20)(H,18,19). The first-order valence-corrected chi connectivity index (χ1v) is 7.01. The van der Waals surface area contributed by atoms with E-state index in [9.17, 15) is 18.4 Å². The van der Waals surface area contributed by atoms with Gasteiger partial charge >= 0.3 is 12.0 Å². The highest BCUT2D eigenvalue weighted by molar-refractivity contribution is 5.74.